The lowest BCUT2D eigenvalue weighted by Crippen LogP contribution is -2.33. The first-order valence-corrected chi connectivity index (χ1v) is 14.6. The fourth-order valence-corrected chi connectivity index (χ4v) is 5.66. The minimum absolute atomic E-state index is 0.0248. The van der Waals surface area contributed by atoms with Gasteiger partial charge in [-0.1, -0.05) is 6.07 Å². The summed E-state index contributed by atoms with van der Waals surface area (Å²) in [6.07, 6.45) is -0.989. The van der Waals surface area contributed by atoms with Gasteiger partial charge in [0.15, 0.2) is 12.4 Å². The molecule has 2 aromatic carbocycles. The van der Waals surface area contributed by atoms with Gasteiger partial charge in [-0.2, -0.15) is 0 Å². The third kappa shape index (κ3) is 8.39. The summed E-state index contributed by atoms with van der Waals surface area (Å²) in [4.78, 5) is 52.2. The Morgan fingerprint density at radius 2 is 1.68 bits per heavy atom. The molecule has 0 saturated carbocycles. The molecule has 2 N–H and O–H groups in total. The summed E-state index contributed by atoms with van der Waals surface area (Å²) >= 11 is 0.951. The molecule has 4 aromatic rings. The highest BCUT2D eigenvalue weighted by Crippen LogP contribution is 2.44. The number of halogens is 2. The van der Waals surface area contributed by atoms with E-state index in [0.29, 0.717) is 16.0 Å². The first kappa shape index (κ1) is 34.3. The number of carboxylic acid groups (broad SMARTS) is 1. The lowest BCUT2D eigenvalue weighted by atomic mass is 10.0. The average molecular weight is 671 g/mol. The fraction of sp³-hybridized carbons (Fsp3) is 0.233. The maximum atomic E-state index is 14.9. The minimum Gasteiger partial charge on any atom is -0.479 e. The fourth-order valence-electron chi connectivity index (χ4n) is 4.35. The zero-order valence-corrected chi connectivity index (χ0v) is 26.0. The Hall–Kier alpha value is -5.55. The first-order chi connectivity index (χ1) is 22.4. The van der Waals surface area contributed by atoms with Gasteiger partial charge in [-0.25, -0.2) is 18.4 Å². The Morgan fingerprint density at radius 3 is 2.23 bits per heavy atom. The van der Waals surface area contributed by atoms with Gasteiger partial charge < -0.3 is 24.8 Å². The monoisotopic (exact) mass is 670 g/mol. The van der Waals surface area contributed by atoms with E-state index in [1.165, 1.54) is 42.5 Å². The van der Waals surface area contributed by atoms with E-state index in [9.17, 15) is 33.3 Å². The SMILES string of the molecule is CCOC(=O)N(Cc1c(F)cccc1F)c1sc(-c2ccc([N+](=O)[O-])cc2)c(CN(C)C)c1C(=O)Nc1ccc(OCC(=O)O)nn1. The second kappa shape index (κ2) is 15.2. The molecule has 0 aliphatic rings. The maximum absolute atomic E-state index is 14.9. The lowest BCUT2D eigenvalue weighted by Gasteiger charge is -2.23. The highest BCUT2D eigenvalue weighted by molar-refractivity contribution is 7.20. The molecule has 0 radical (unpaired) electrons. The molecular weight excluding hydrogens is 642 g/mol. The summed E-state index contributed by atoms with van der Waals surface area (Å²) in [6, 6.07) is 11.4. The number of carbonyl (C=O) groups is 3. The largest absolute Gasteiger partial charge is 0.479 e. The number of aromatic nitrogens is 2. The zero-order valence-electron chi connectivity index (χ0n) is 25.2. The van der Waals surface area contributed by atoms with Crippen LogP contribution in [-0.2, 0) is 22.6 Å². The summed E-state index contributed by atoms with van der Waals surface area (Å²) in [5.41, 5.74) is 0.177. The molecule has 0 aliphatic heterocycles. The number of nitrogens with zero attached hydrogens (tertiary/aromatic N) is 5. The summed E-state index contributed by atoms with van der Waals surface area (Å²) in [6.45, 7) is 0.278. The number of nitro benzene ring substituents is 1. The van der Waals surface area contributed by atoms with Crippen LogP contribution in [0.2, 0.25) is 0 Å². The van der Waals surface area contributed by atoms with E-state index in [1.54, 1.807) is 25.9 Å². The molecule has 17 heteroatoms. The van der Waals surface area contributed by atoms with Gasteiger partial charge in [0.2, 0.25) is 5.88 Å². The molecule has 47 heavy (non-hydrogen) atoms. The average Bonchev–Trinajstić information content (AvgIpc) is 3.38. The van der Waals surface area contributed by atoms with Gasteiger partial charge in [0.25, 0.3) is 11.6 Å². The van der Waals surface area contributed by atoms with Crippen molar-refractivity contribution in [3.63, 3.8) is 0 Å². The number of non-ortho nitro benzene ring substituents is 1. The number of thiophene rings is 1. The van der Waals surface area contributed by atoms with E-state index < -0.39 is 53.2 Å². The van der Waals surface area contributed by atoms with E-state index in [1.807, 2.05) is 0 Å². The normalized spacial score (nSPS) is 10.9. The number of carboxylic acids is 1. The maximum Gasteiger partial charge on any atom is 0.415 e. The number of ether oxygens (including phenoxy) is 2. The molecular formula is C30H28F2N6O8S. The molecule has 0 spiro atoms. The van der Waals surface area contributed by atoms with Crippen molar-refractivity contribution >= 4 is 45.8 Å². The number of hydrogen-bond acceptors (Lipinski definition) is 11. The molecule has 14 nitrogen and oxygen atoms in total. The van der Waals surface area contributed by atoms with E-state index in [0.717, 1.165) is 28.4 Å². The van der Waals surface area contributed by atoms with Gasteiger partial charge in [-0.05, 0) is 62.5 Å². The summed E-state index contributed by atoms with van der Waals surface area (Å²) in [7, 11) is 3.47. The van der Waals surface area contributed by atoms with Crippen molar-refractivity contribution in [3.05, 3.63) is 93.0 Å². The van der Waals surface area contributed by atoms with Crippen molar-refractivity contribution in [2.75, 3.05) is 37.5 Å². The van der Waals surface area contributed by atoms with Crippen molar-refractivity contribution in [2.45, 2.75) is 20.0 Å². The summed E-state index contributed by atoms with van der Waals surface area (Å²) in [5, 5.41) is 30.3. The molecule has 2 heterocycles. The van der Waals surface area contributed by atoms with Crippen molar-refractivity contribution in [3.8, 4) is 16.3 Å². The second-order valence-corrected chi connectivity index (χ2v) is 11.0. The van der Waals surface area contributed by atoms with Crippen LogP contribution < -0.4 is 15.0 Å². The second-order valence-electron chi connectivity index (χ2n) is 10.0. The molecule has 0 saturated heterocycles. The van der Waals surface area contributed by atoms with Gasteiger partial charge in [-0.15, -0.1) is 21.5 Å². The Labute approximate surface area is 270 Å². The molecule has 2 aromatic heterocycles. The van der Waals surface area contributed by atoms with Gasteiger partial charge in [0, 0.05) is 35.2 Å². The Bertz CT molecular complexity index is 1760. The van der Waals surface area contributed by atoms with E-state index in [2.05, 4.69) is 15.5 Å². The topological polar surface area (TPSA) is 177 Å². The predicted octanol–water partition coefficient (Wildman–Crippen LogP) is 5.33. The van der Waals surface area contributed by atoms with Crippen LogP contribution in [0, 0.1) is 21.7 Å². The third-order valence-electron chi connectivity index (χ3n) is 6.37. The number of hydrogen-bond donors (Lipinski definition) is 2. The van der Waals surface area contributed by atoms with Crippen molar-refractivity contribution in [1.29, 1.82) is 0 Å². The number of anilines is 2. The van der Waals surface area contributed by atoms with Crippen LogP contribution in [0.3, 0.4) is 0 Å². The summed E-state index contributed by atoms with van der Waals surface area (Å²) < 4.78 is 40.0. The number of carbonyl (C=O) groups excluding carboxylic acids is 2. The lowest BCUT2D eigenvalue weighted by molar-refractivity contribution is -0.384. The number of nitro groups is 1. The third-order valence-corrected chi connectivity index (χ3v) is 7.67. The standard InChI is InChI=1S/C30H28F2N6O8S/c1-4-45-30(42)37(15-19-21(31)6-5-7-22(19)32)29-26(28(41)33-23-12-13-24(35-34-23)46-16-25(39)40)20(14-36(2)3)27(47-29)17-8-10-18(11-9-17)38(43)44/h5-13H,4,14-16H2,1-3H3,(H,39,40)(H,33,34,41). The van der Waals surface area contributed by atoms with Gasteiger partial charge in [0.1, 0.15) is 16.6 Å². The van der Waals surface area contributed by atoms with Crippen LogP contribution in [0.1, 0.15) is 28.4 Å². The highest BCUT2D eigenvalue weighted by atomic mass is 32.1. The number of benzene rings is 2. The first-order valence-electron chi connectivity index (χ1n) is 13.8. The molecule has 0 aliphatic carbocycles. The van der Waals surface area contributed by atoms with Crippen molar-refractivity contribution < 1.29 is 42.7 Å². The van der Waals surface area contributed by atoms with Crippen LogP contribution in [0.25, 0.3) is 10.4 Å². The van der Waals surface area contributed by atoms with Gasteiger partial charge in [-0.3, -0.25) is 19.8 Å². The van der Waals surface area contributed by atoms with E-state index >= 15 is 0 Å². The Kier molecular flexibility index (Phi) is 11.1. The van der Waals surface area contributed by atoms with Gasteiger partial charge in [0.05, 0.1) is 23.6 Å². The van der Waals surface area contributed by atoms with Crippen LogP contribution in [-0.4, -0.2) is 70.4 Å². The molecule has 246 valence electrons. The molecule has 4 rings (SSSR count). The smallest absolute Gasteiger partial charge is 0.415 e. The zero-order chi connectivity index (χ0) is 34.2. The minimum atomic E-state index is -1.23. The van der Waals surface area contributed by atoms with Crippen LogP contribution >= 0.6 is 11.3 Å². The molecule has 0 unspecified atom stereocenters. The van der Waals surface area contributed by atoms with Crippen molar-refractivity contribution in [2.24, 2.45) is 0 Å². The molecule has 0 fully saturated rings. The predicted molar refractivity (Wildman–Crippen MR) is 166 cm³/mol. The number of rotatable bonds is 13. The van der Waals surface area contributed by atoms with Crippen LogP contribution in [0.4, 0.5) is 30.1 Å². The van der Waals surface area contributed by atoms with Crippen molar-refractivity contribution in [1.82, 2.24) is 15.1 Å². The number of aliphatic carboxylic acids is 1. The van der Waals surface area contributed by atoms with Crippen LogP contribution in [0.15, 0.2) is 54.6 Å². The molecule has 0 bridgehead atoms. The quantitative estimate of drug-likeness (QED) is 0.139. The van der Waals surface area contributed by atoms with Gasteiger partial charge >= 0.3 is 12.1 Å². The van der Waals surface area contributed by atoms with Crippen LogP contribution in [0.5, 0.6) is 5.88 Å². The Morgan fingerprint density at radius 1 is 1.00 bits per heavy atom. The van der Waals surface area contributed by atoms with E-state index in [4.69, 9.17) is 14.6 Å². The number of amides is 2. The molecule has 2 amide bonds. The number of nitrogens with one attached hydrogen (secondary N) is 1. The molecule has 0 atom stereocenters. The van der Waals surface area contributed by atoms with E-state index in [-0.39, 0.29) is 41.1 Å². The Balaban J connectivity index is 1.90. The summed E-state index contributed by atoms with van der Waals surface area (Å²) in [5.74, 6) is -4.04. The highest BCUT2D eigenvalue weighted by Gasteiger charge is 2.33.